The zero-order chi connectivity index (χ0) is 16.7. The molecule has 1 aromatic carbocycles. The molecule has 5 nitrogen and oxygen atoms in total. The number of fused-ring (bicyclic) bond motifs is 1. The lowest BCUT2D eigenvalue weighted by molar-refractivity contribution is -0.108. The number of urea groups is 1. The predicted octanol–water partition coefficient (Wildman–Crippen LogP) is 2.01. The van der Waals surface area contributed by atoms with E-state index in [2.05, 4.69) is 24.5 Å². The van der Waals surface area contributed by atoms with E-state index < -0.39 is 5.60 Å². The lowest BCUT2D eigenvalue weighted by Crippen LogP contribution is -2.67. The van der Waals surface area contributed by atoms with Gasteiger partial charge in [-0.05, 0) is 18.9 Å². The number of amides is 2. The van der Waals surface area contributed by atoms with E-state index in [4.69, 9.17) is 4.74 Å². The molecule has 1 saturated carbocycles. The number of nitrogens with one attached hydrogen (secondary N) is 2. The van der Waals surface area contributed by atoms with Crippen molar-refractivity contribution in [1.82, 2.24) is 10.6 Å². The Kier molecular flexibility index (Phi) is 4.10. The molecule has 2 amide bonds. The van der Waals surface area contributed by atoms with Crippen LogP contribution in [0.4, 0.5) is 4.79 Å². The van der Waals surface area contributed by atoms with Gasteiger partial charge in [0, 0.05) is 24.0 Å². The number of hydrogen-bond donors (Lipinski definition) is 3. The first kappa shape index (κ1) is 16.3. The number of benzene rings is 1. The SMILES string of the molecule is CC(O)(CNC(=O)NC1C2CCOC2C1(C)C)c1ccccc1. The zero-order valence-corrected chi connectivity index (χ0v) is 14.0. The highest BCUT2D eigenvalue weighted by Gasteiger charge is 2.59. The largest absolute Gasteiger partial charge is 0.384 e. The minimum Gasteiger partial charge on any atom is -0.384 e. The molecule has 0 bridgehead atoms. The second kappa shape index (κ2) is 5.80. The highest BCUT2D eigenvalue weighted by Crippen LogP contribution is 2.52. The second-order valence-corrected chi connectivity index (χ2v) is 7.51. The summed E-state index contributed by atoms with van der Waals surface area (Å²) < 4.78 is 5.74. The van der Waals surface area contributed by atoms with Crippen LogP contribution in [0.25, 0.3) is 0 Å². The monoisotopic (exact) mass is 318 g/mol. The van der Waals surface area contributed by atoms with Gasteiger partial charge >= 0.3 is 6.03 Å². The van der Waals surface area contributed by atoms with Gasteiger partial charge in [-0.2, -0.15) is 0 Å². The summed E-state index contributed by atoms with van der Waals surface area (Å²) in [7, 11) is 0. The standard InChI is InChI=1S/C18H26N2O3/c1-17(2)14(13-9-10-23-15(13)17)20-16(21)19-11-18(3,22)12-7-5-4-6-8-12/h4-8,13-15,22H,9-11H2,1-3H3,(H2,19,20,21). The number of hydrogen-bond acceptors (Lipinski definition) is 3. The maximum absolute atomic E-state index is 12.2. The van der Waals surface area contributed by atoms with Crippen LogP contribution < -0.4 is 10.6 Å². The van der Waals surface area contributed by atoms with Crippen molar-refractivity contribution in [2.45, 2.75) is 44.9 Å². The maximum atomic E-state index is 12.2. The fourth-order valence-corrected chi connectivity index (χ4v) is 3.96. The van der Waals surface area contributed by atoms with Crippen molar-refractivity contribution in [2.24, 2.45) is 11.3 Å². The van der Waals surface area contributed by atoms with Gasteiger partial charge in [-0.15, -0.1) is 0 Å². The summed E-state index contributed by atoms with van der Waals surface area (Å²) >= 11 is 0. The molecule has 3 N–H and O–H groups in total. The van der Waals surface area contributed by atoms with Crippen molar-refractivity contribution >= 4 is 6.03 Å². The van der Waals surface area contributed by atoms with Crippen LogP contribution in [0.1, 0.15) is 32.8 Å². The fraction of sp³-hybridized carbons (Fsp3) is 0.611. The first-order valence-electron chi connectivity index (χ1n) is 8.26. The third-order valence-electron chi connectivity index (χ3n) is 5.38. The quantitative estimate of drug-likeness (QED) is 0.795. The van der Waals surface area contributed by atoms with E-state index in [0.717, 1.165) is 18.6 Å². The molecule has 0 spiro atoms. The summed E-state index contributed by atoms with van der Waals surface area (Å²) in [5.41, 5.74) is -0.346. The summed E-state index contributed by atoms with van der Waals surface area (Å²) in [6, 6.07) is 9.26. The second-order valence-electron chi connectivity index (χ2n) is 7.51. The molecule has 1 heterocycles. The third-order valence-corrected chi connectivity index (χ3v) is 5.38. The molecule has 5 heteroatoms. The molecule has 2 fully saturated rings. The van der Waals surface area contributed by atoms with Crippen LogP contribution in [0.5, 0.6) is 0 Å². The Labute approximate surface area is 137 Å². The average molecular weight is 318 g/mol. The van der Waals surface area contributed by atoms with Crippen LogP contribution >= 0.6 is 0 Å². The third kappa shape index (κ3) is 2.95. The Hall–Kier alpha value is -1.59. The molecule has 1 aliphatic heterocycles. The Morgan fingerprint density at radius 1 is 1.39 bits per heavy atom. The minimum absolute atomic E-state index is 0.0412. The van der Waals surface area contributed by atoms with E-state index in [9.17, 15) is 9.90 Å². The Bertz CT molecular complexity index is 571. The first-order valence-corrected chi connectivity index (χ1v) is 8.26. The molecule has 23 heavy (non-hydrogen) atoms. The van der Waals surface area contributed by atoms with Gasteiger partial charge in [0.15, 0.2) is 0 Å². The zero-order valence-electron chi connectivity index (χ0n) is 14.0. The predicted molar refractivity (Wildman–Crippen MR) is 88.0 cm³/mol. The van der Waals surface area contributed by atoms with Crippen LogP contribution in [0.3, 0.4) is 0 Å². The van der Waals surface area contributed by atoms with Crippen LogP contribution in [-0.2, 0) is 10.3 Å². The van der Waals surface area contributed by atoms with Gasteiger partial charge in [0.05, 0.1) is 12.6 Å². The molecule has 0 radical (unpaired) electrons. The van der Waals surface area contributed by atoms with E-state index in [1.165, 1.54) is 0 Å². The molecule has 2 aliphatic rings. The topological polar surface area (TPSA) is 70.6 Å². The summed E-state index contributed by atoms with van der Waals surface area (Å²) in [4.78, 5) is 12.2. The first-order chi connectivity index (χ1) is 10.8. The highest BCUT2D eigenvalue weighted by atomic mass is 16.5. The van der Waals surface area contributed by atoms with Crippen LogP contribution in [0.15, 0.2) is 30.3 Å². The van der Waals surface area contributed by atoms with Gasteiger partial charge < -0.3 is 20.5 Å². The highest BCUT2D eigenvalue weighted by molar-refractivity contribution is 5.74. The molecular weight excluding hydrogens is 292 g/mol. The van der Waals surface area contributed by atoms with E-state index in [1.807, 2.05) is 30.3 Å². The van der Waals surface area contributed by atoms with E-state index in [0.29, 0.717) is 5.92 Å². The number of ether oxygens (including phenoxy) is 1. The number of carbonyl (C=O) groups is 1. The summed E-state index contributed by atoms with van der Waals surface area (Å²) in [6.07, 6.45) is 1.25. The van der Waals surface area contributed by atoms with Gasteiger partial charge in [0.1, 0.15) is 5.60 Å². The molecule has 4 atom stereocenters. The molecule has 0 aromatic heterocycles. The van der Waals surface area contributed by atoms with E-state index in [-0.39, 0.29) is 30.1 Å². The van der Waals surface area contributed by atoms with Gasteiger partial charge in [0.2, 0.25) is 0 Å². The molecule has 1 aromatic rings. The number of rotatable bonds is 4. The van der Waals surface area contributed by atoms with Crippen molar-refractivity contribution in [3.63, 3.8) is 0 Å². The molecule has 1 aliphatic carbocycles. The molecule has 1 saturated heterocycles. The minimum atomic E-state index is -1.09. The number of carbonyl (C=O) groups excluding carboxylic acids is 1. The lowest BCUT2D eigenvalue weighted by atomic mass is 9.57. The Morgan fingerprint density at radius 3 is 2.78 bits per heavy atom. The van der Waals surface area contributed by atoms with Gasteiger partial charge in [-0.25, -0.2) is 4.79 Å². The maximum Gasteiger partial charge on any atom is 0.315 e. The van der Waals surface area contributed by atoms with Crippen molar-refractivity contribution in [2.75, 3.05) is 13.2 Å². The van der Waals surface area contributed by atoms with Crippen molar-refractivity contribution < 1.29 is 14.6 Å². The van der Waals surface area contributed by atoms with Gasteiger partial charge in [-0.3, -0.25) is 0 Å². The normalized spacial score (nSPS) is 30.7. The van der Waals surface area contributed by atoms with Crippen LogP contribution in [0, 0.1) is 11.3 Å². The molecule has 126 valence electrons. The summed E-state index contributed by atoms with van der Waals surface area (Å²) in [6.45, 7) is 6.91. The lowest BCUT2D eigenvalue weighted by Gasteiger charge is -2.54. The van der Waals surface area contributed by atoms with Crippen molar-refractivity contribution in [1.29, 1.82) is 0 Å². The van der Waals surface area contributed by atoms with E-state index in [1.54, 1.807) is 6.92 Å². The van der Waals surface area contributed by atoms with Crippen molar-refractivity contribution in [3.8, 4) is 0 Å². The Morgan fingerprint density at radius 2 is 2.09 bits per heavy atom. The average Bonchev–Trinajstić information content (AvgIpc) is 2.99. The van der Waals surface area contributed by atoms with E-state index >= 15 is 0 Å². The van der Waals surface area contributed by atoms with Crippen LogP contribution in [0.2, 0.25) is 0 Å². The molecule has 3 rings (SSSR count). The van der Waals surface area contributed by atoms with Gasteiger partial charge in [0.25, 0.3) is 0 Å². The Balaban J connectivity index is 1.54. The van der Waals surface area contributed by atoms with Gasteiger partial charge in [-0.1, -0.05) is 44.2 Å². The smallest absolute Gasteiger partial charge is 0.315 e. The van der Waals surface area contributed by atoms with Crippen LogP contribution in [-0.4, -0.2) is 36.4 Å². The number of aliphatic hydroxyl groups is 1. The fourth-order valence-electron chi connectivity index (χ4n) is 3.96. The molecule has 4 unspecified atom stereocenters. The summed E-state index contributed by atoms with van der Waals surface area (Å²) in [5.74, 6) is 0.408. The van der Waals surface area contributed by atoms with Crippen molar-refractivity contribution in [3.05, 3.63) is 35.9 Å². The summed E-state index contributed by atoms with van der Waals surface area (Å²) in [5, 5.41) is 16.4. The molecular formula is C18H26N2O3.